The molecule has 0 saturated carbocycles. The molecule has 0 atom stereocenters. The number of nitrogens with two attached hydrogens (primary N) is 1. The topological polar surface area (TPSA) is 38.0 Å². The number of halogens is 1. The van der Waals surface area contributed by atoms with Gasteiger partial charge >= 0.3 is 0 Å². The maximum absolute atomic E-state index is 5.69. The highest BCUT2D eigenvalue weighted by Gasteiger charge is 2.13. The van der Waals surface area contributed by atoms with Gasteiger partial charge in [0.2, 0.25) is 0 Å². The van der Waals surface area contributed by atoms with Gasteiger partial charge in [0.1, 0.15) is 4.99 Å². The first-order chi connectivity index (χ1) is 10.1. The van der Waals surface area contributed by atoms with E-state index in [4.69, 9.17) is 18.0 Å². The lowest BCUT2D eigenvalue weighted by Gasteiger charge is -2.20. The normalized spacial score (nSPS) is 13.6. The molecule has 0 bridgehead atoms. The van der Waals surface area contributed by atoms with Crippen LogP contribution in [0.5, 0.6) is 0 Å². The van der Waals surface area contributed by atoms with Crippen molar-refractivity contribution in [2.45, 2.75) is 25.7 Å². The van der Waals surface area contributed by atoms with Crippen molar-refractivity contribution < 1.29 is 0 Å². The second kappa shape index (κ2) is 6.16. The Balaban J connectivity index is 1.91. The van der Waals surface area contributed by atoms with Crippen LogP contribution in [-0.2, 0) is 12.8 Å². The van der Waals surface area contributed by atoms with Crippen LogP contribution in [-0.4, -0.2) is 4.99 Å². The first kappa shape index (κ1) is 14.5. The van der Waals surface area contributed by atoms with E-state index in [9.17, 15) is 0 Å². The molecule has 2 nitrogen and oxygen atoms in total. The number of aryl methyl sites for hydroxylation is 1. The third kappa shape index (κ3) is 3.11. The highest BCUT2D eigenvalue weighted by Crippen LogP contribution is 2.31. The molecule has 108 valence electrons. The average molecular weight is 361 g/mol. The molecule has 4 heteroatoms. The number of anilines is 2. The fraction of sp³-hybridized carbons (Fsp3) is 0.235. The van der Waals surface area contributed by atoms with Gasteiger partial charge in [0.05, 0.1) is 0 Å². The lowest BCUT2D eigenvalue weighted by Crippen LogP contribution is -2.10. The SMILES string of the molecule is NC(=S)c1ccc(Nc2cccc3c2CCCC3)cc1Br. The molecular formula is C17H17BrN2S. The van der Waals surface area contributed by atoms with Crippen molar-refractivity contribution in [1.82, 2.24) is 0 Å². The monoisotopic (exact) mass is 360 g/mol. The number of thiocarbonyl (C=S) groups is 1. The van der Waals surface area contributed by atoms with Crippen LogP contribution in [0.3, 0.4) is 0 Å². The first-order valence-electron chi connectivity index (χ1n) is 7.12. The Morgan fingerprint density at radius 1 is 1.14 bits per heavy atom. The van der Waals surface area contributed by atoms with Gasteiger partial charge in [-0.25, -0.2) is 0 Å². The third-order valence-electron chi connectivity index (χ3n) is 3.91. The minimum atomic E-state index is 0.408. The molecule has 3 N–H and O–H groups in total. The molecule has 0 radical (unpaired) electrons. The smallest absolute Gasteiger partial charge is 0.105 e. The summed E-state index contributed by atoms with van der Waals surface area (Å²) in [7, 11) is 0. The Kier molecular flexibility index (Phi) is 4.27. The summed E-state index contributed by atoms with van der Waals surface area (Å²) in [5.74, 6) is 0. The second-order valence-corrected chi connectivity index (χ2v) is 6.63. The van der Waals surface area contributed by atoms with E-state index < -0.39 is 0 Å². The first-order valence-corrected chi connectivity index (χ1v) is 8.32. The summed E-state index contributed by atoms with van der Waals surface area (Å²) < 4.78 is 0.921. The van der Waals surface area contributed by atoms with Gasteiger partial charge in [0.15, 0.2) is 0 Å². The van der Waals surface area contributed by atoms with E-state index in [1.165, 1.54) is 36.1 Å². The van der Waals surface area contributed by atoms with E-state index in [1.807, 2.05) is 18.2 Å². The summed E-state index contributed by atoms with van der Waals surface area (Å²) in [6.45, 7) is 0. The Morgan fingerprint density at radius 2 is 1.95 bits per heavy atom. The number of nitrogens with one attached hydrogen (secondary N) is 1. The quantitative estimate of drug-likeness (QED) is 0.778. The van der Waals surface area contributed by atoms with Crippen LogP contribution in [0.4, 0.5) is 11.4 Å². The number of hydrogen-bond donors (Lipinski definition) is 2. The third-order valence-corrected chi connectivity index (χ3v) is 4.79. The largest absolute Gasteiger partial charge is 0.389 e. The predicted octanol–water partition coefficient (Wildman–Crippen LogP) is 4.71. The zero-order valence-corrected chi connectivity index (χ0v) is 14.1. The van der Waals surface area contributed by atoms with E-state index in [2.05, 4.69) is 39.4 Å². The lowest BCUT2D eigenvalue weighted by molar-refractivity contribution is 0.687. The van der Waals surface area contributed by atoms with Crippen molar-refractivity contribution in [3.05, 3.63) is 57.6 Å². The maximum Gasteiger partial charge on any atom is 0.105 e. The van der Waals surface area contributed by atoms with E-state index in [0.717, 1.165) is 22.1 Å². The molecule has 1 aliphatic carbocycles. The van der Waals surface area contributed by atoms with Crippen LogP contribution in [0.1, 0.15) is 29.5 Å². The van der Waals surface area contributed by atoms with Crippen LogP contribution in [0.15, 0.2) is 40.9 Å². The number of rotatable bonds is 3. The molecule has 1 aliphatic rings. The summed E-state index contributed by atoms with van der Waals surface area (Å²) >= 11 is 8.56. The fourth-order valence-electron chi connectivity index (χ4n) is 2.85. The van der Waals surface area contributed by atoms with E-state index in [0.29, 0.717) is 4.99 Å². The molecule has 0 heterocycles. The minimum Gasteiger partial charge on any atom is -0.389 e. The zero-order chi connectivity index (χ0) is 14.8. The zero-order valence-electron chi connectivity index (χ0n) is 11.7. The van der Waals surface area contributed by atoms with Crippen LogP contribution in [0.2, 0.25) is 0 Å². The maximum atomic E-state index is 5.69. The van der Waals surface area contributed by atoms with Gasteiger partial charge in [-0.05, 0) is 77.0 Å². The Morgan fingerprint density at radius 3 is 2.71 bits per heavy atom. The molecule has 0 saturated heterocycles. The van der Waals surface area contributed by atoms with Gasteiger partial charge in [-0.2, -0.15) is 0 Å². The van der Waals surface area contributed by atoms with Gasteiger partial charge in [-0.3, -0.25) is 0 Å². The van der Waals surface area contributed by atoms with Crippen LogP contribution >= 0.6 is 28.1 Å². The Bertz CT molecular complexity index is 697. The van der Waals surface area contributed by atoms with Crippen LogP contribution in [0.25, 0.3) is 0 Å². The molecular weight excluding hydrogens is 344 g/mol. The molecule has 0 unspecified atom stereocenters. The summed E-state index contributed by atoms with van der Waals surface area (Å²) in [6.07, 6.45) is 4.92. The Labute approximate surface area is 138 Å². The second-order valence-electron chi connectivity index (χ2n) is 5.33. The minimum absolute atomic E-state index is 0.408. The highest BCUT2D eigenvalue weighted by atomic mass is 79.9. The van der Waals surface area contributed by atoms with Crippen molar-refractivity contribution in [3.8, 4) is 0 Å². The molecule has 0 spiro atoms. The van der Waals surface area contributed by atoms with Crippen molar-refractivity contribution >= 4 is 44.5 Å². The van der Waals surface area contributed by atoms with Gasteiger partial charge in [0, 0.05) is 21.4 Å². The molecule has 2 aromatic carbocycles. The van der Waals surface area contributed by atoms with Gasteiger partial charge in [-0.15, -0.1) is 0 Å². The standard InChI is InChI=1S/C17H17BrN2S/c18-15-10-12(8-9-14(15)17(19)21)20-16-7-3-5-11-4-1-2-6-13(11)16/h3,5,7-10,20H,1-2,4,6H2,(H2,19,21). The number of fused-ring (bicyclic) bond motifs is 1. The summed E-state index contributed by atoms with van der Waals surface area (Å²) in [4.78, 5) is 0.408. The van der Waals surface area contributed by atoms with Gasteiger partial charge < -0.3 is 11.1 Å². The molecule has 0 fully saturated rings. The van der Waals surface area contributed by atoms with E-state index in [-0.39, 0.29) is 0 Å². The van der Waals surface area contributed by atoms with Crippen LogP contribution in [0, 0.1) is 0 Å². The fourth-order valence-corrected chi connectivity index (χ4v) is 3.75. The Hall–Kier alpha value is -1.39. The van der Waals surface area contributed by atoms with E-state index >= 15 is 0 Å². The number of benzene rings is 2. The predicted molar refractivity (Wildman–Crippen MR) is 96.4 cm³/mol. The van der Waals surface area contributed by atoms with E-state index in [1.54, 1.807) is 0 Å². The van der Waals surface area contributed by atoms with Crippen molar-refractivity contribution in [1.29, 1.82) is 0 Å². The average Bonchev–Trinajstić information content (AvgIpc) is 2.47. The van der Waals surface area contributed by atoms with Crippen LogP contribution < -0.4 is 11.1 Å². The van der Waals surface area contributed by atoms with Crippen molar-refractivity contribution in [2.24, 2.45) is 5.73 Å². The molecule has 3 rings (SSSR count). The van der Waals surface area contributed by atoms with Gasteiger partial charge in [0.25, 0.3) is 0 Å². The molecule has 0 aromatic heterocycles. The lowest BCUT2D eigenvalue weighted by atomic mass is 9.90. The van der Waals surface area contributed by atoms with Crippen molar-refractivity contribution in [2.75, 3.05) is 5.32 Å². The summed E-state index contributed by atoms with van der Waals surface area (Å²) in [6, 6.07) is 12.5. The number of hydrogen-bond acceptors (Lipinski definition) is 2. The molecule has 0 aliphatic heterocycles. The molecule has 21 heavy (non-hydrogen) atoms. The summed E-state index contributed by atoms with van der Waals surface area (Å²) in [5.41, 5.74) is 11.7. The van der Waals surface area contributed by atoms with Gasteiger partial charge in [-0.1, -0.05) is 24.4 Å². The summed E-state index contributed by atoms with van der Waals surface area (Å²) in [5, 5.41) is 3.52. The molecule has 2 aromatic rings. The highest BCUT2D eigenvalue weighted by molar-refractivity contribution is 9.10. The van der Waals surface area contributed by atoms with Crippen molar-refractivity contribution in [3.63, 3.8) is 0 Å². The molecule has 0 amide bonds.